The molecule has 3 aliphatic heterocycles. The van der Waals surface area contributed by atoms with Crippen molar-refractivity contribution in [3.05, 3.63) is 250 Å². The predicted octanol–water partition coefficient (Wildman–Crippen LogP) is 22.6. The molecule has 22 heteroatoms. The number of nitrogens with one attached hydrogen (secondary N) is 2. The van der Waals surface area contributed by atoms with E-state index in [0.717, 1.165) is 92.1 Å². The van der Waals surface area contributed by atoms with Crippen LogP contribution < -0.4 is 49.9 Å². The van der Waals surface area contributed by atoms with Crippen LogP contribution in [0.3, 0.4) is 0 Å². The summed E-state index contributed by atoms with van der Waals surface area (Å²) >= 11 is 24.7. The highest BCUT2D eigenvalue weighted by molar-refractivity contribution is 8.24. The number of halogens is 5. The first-order valence-electron chi connectivity index (χ1n) is 34.2. The Morgan fingerprint density at radius 3 is 1.36 bits per heavy atom. The van der Waals surface area contributed by atoms with Crippen LogP contribution in [0.2, 0.25) is 0 Å². The molecule has 3 aliphatic rings. The van der Waals surface area contributed by atoms with Crippen molar-refractivity contribution < 1.29 is 46.0 Å². The Bertz CT molecular complexity index is 4090. The fourth-order valence-corrected chi connectivity index (χ4v) is 11.6. The molecule has 15 nitrogen and oxygen atoms in total. The van der Waals surface area contributed by atoms with Gasteiger partial charge in [-0.05, 0) is 179 Å². The maximum absolute atomic E-state index is 11.3. The van der Waals surface area contributed by atoms with Gasteiger partial charge in [0.05, 0.1) is 70.2 Å². The van der Waals surface area contributed by atoms with Gasteiger partial charge in [0.15, 0.2) is 0 Å². The number of anilines is 5. The monoisotopic (exact) mass is 1570 g/mol. The summed E-state index contributed by atoms with van der Waals surface area (Å²) in [5, 5.41) is 3.48. The molecular weight excluding hydrogens is 1470 g/mol. The van der Waals surface area contributed by atoms with Crippen molar-refractivity contribution in [3.8, 4) is 28.7 Å². The van der Waals surface area contributed by atoms with Crippen LogP contribution in [-0.4, -0.2) is 93.1 Å². The smallest absolute Gasteiger partial charge is 0.339 e. The van der Waals surface area contributed by atoms with Crippen molar-refractivity contribution in [2.45, 2.75) is 124 Å². The molecule has 0 saturated carbocycles. The van der Waals surface area contributed by atoms with Gasteiger partial charge in [0, 0.05) is 56.6 Å². The standard InChI is InChI=1S/C20H23NO2.C19H23NO.2C12H17NO.C7H7Cl.C7H9NO.C5H9Cl.CH4O3S.Cl3OP/c1-20(2)9-10-21(13-15-7-5-4-6-8-15)19-17(20)11-16(14-22)12-18(19)23-3;1-19(2)12-13-20(14-15-8-5-4-6-9-15)18-16(19)10-7-11-17(18)21-3;1-12(2)7-8-13-11-9(12)5-4-6-10(11)14-3;1-10(2)8-9-13-11-6-4-5-7-12(11)14-3;8-6-7-4-2-1-3-5-7;1-9-7-5-3-2-4-6(7)8;1-5(2)3-4-6;2*1-5(2,3)4/h4-8,11-12,14H,9-10,13H2,1-3H3;4-11H,12-14H2,1-3H3;4-6,13H,7-8H2,1-3H3;4-8,13H,9H2,1-3H3;1-5H,6H2;2-5H,8H2,1H3;3H,4H2,1-2H3;1H3,(H,2,3,4);. The molecule has 0 aromatic heterocycles. The average molecular weight is 1580 g/mol. The van der Waals surface area contributed by atoms with Crippen LogP contribution >= 0.6 is 62.1 Å². The summed E-state index contributed by atoms with van der Waals surface area (Å²) in [6.45, 7) is 27.6. The van der Waals surface area contributed by atoms with E-state index < -0.39 is 15.3 Å². The fraction of sp³-hybridized carbons (Fsp3) is 0.361. The highest BCUT2D eigenvalue weighted by Gasteiger charge is 2.35. The number of allylic oxidation sites excluding steroid dienone is 3. The molecule has 3 heterocycles. The molecule has 0 saturated heterocycles. The molecule has 572 valence electrons. The third-order valence-corrected chi connectivity index (χ3v) is 17.2. The van der Waals surface area contributed by atoms with E-state index in [9.17, 15) is 17.8 Å². The molecule has 0 unspecified atom stereocenters. The van der Waals surface area contributed by atoms with E-state index in [4.69, 9.17) is 57.2 Å². The number of methoxy groups -OCH3 is 5. The van der Waals surface area contributed by atoms with Crippen LogP contribution in [0, 0.1) is 0 Å². The Morgan fingerprint density at radius 1 is 0.543 bits per heavy atom. The molecule has 105 heavy (non-hydrogen) atoms. The first kappa shape index (κ1) is 91.7. The summed E-state index contributed by atoms with van der Waals surface area (Å²) < 4.78 is 62.1. The Kier molecular flexibility index (Phi) is 40.7. The average Bonchev–Trinajstić information content (AvgIpc) is 0.763. The number of aldehydes is 1. The molecule has 0 amide bonds. The summed E-state index contributed by atoms with van der Waals surface area (Å²) in [6, 6.07) is 62.9. The molecular formula is C83H109Cl5N5O10PS. The number of hydrogen-bond acceptors (Lipinski definition) is 14. The highest BCUT2D eigenvalue weighted by atomic mass is 36.0. The van der Waals surface area contributed by atoms with Gasteiger partial charge >= 0.3 is 5.20 Å². The van der Waals surface area contributed by atoms with E-state index in [1.165, 1.54) is 68.7 Å². The van der Waals surface area contributed by atoms with Crippen LogP contribution in [0.4, 0.5) is 28.4 Å². The Labute approximate surface area is 651 Å². The summed E-state index contributed by atoms with van der Waals surface area (Å²) in [5.74, 6) is 5.59. The second-order valence-corrected chi connectivity index (χ2v) is 35.6. The normalized spacial score (nSPS) is 13.5. The first-order chi connectivity index (χ1) is 49.6. The fourth-order valence-electron chi connectivity index (χ4n) is 11.1. The van der Waals surface area contributed by atoms with Gasteiger partial charge in [-0.1, -0.05) is 204 Å². The lowest BCUT2D eigenvalue weighted by Gasteiger charge is -2.41. The van der Waals surface area contributed by atoms with E-state index in [-0.39, 0.29) is 16.2 Å². The predicted molar refractivity (Wildman–Crippen MR) is 448 cm³/mol. The van der Waals surface area contributed by atoms with Crippen molar-refractivity contribution in [1.82, 2.24) is 0 Å². The van der Waals surface area contributed by atoms with E-state index in [1.54, 1.807) is 41.6 Å². The molecule has 0 aliphatic carbocycles. The molecule has 8 aromatic carbocycles. The van der Waals surface area contributed by atoms with Gasteiger partial charge in [-0.2, -0.15) is 8.42 Å². The number of para-hydroxylation sites is 6. The van der Waals surface area contributed by atoms with Crippen molar-refractivity contribution in [1.29, 1.82) is 0 Å². The lowest BCUT2D eigenvalue weighted by Crippen LogP contribution is -2.37. The number of benzene rings is 8. The van der Waals surface area contributed by atoms with Crippen LogP contribution in [0.15, 0.2) is 211 Å². The second kappa shape index (κ2) is 46.6. The third-order valence-electron chi connectivity index (χ3n) is 16.8. The lowest BCUT2D eigenvalue weighted by atomic mass is 9.76. The van der Waals surface area contributed by atoms with E-state index in [0.29, 0.717) is 29.3 Å². The van der Waals surface area contributed by atoms with Crippen molar-refractivity contribution in [3.63, 3.8) is 0 Å². The molecule has 8 aromatic rings. The maximum Gasteiger partial charge on any atom is 0.339 e. The zero-order chi connectivity index (χ0) is 78.4. The van der Waals surface area contributed by atoms with Crippen LogP contribution in [0.1, 0.15) is 132 Å². The van der Waals surface area contributed by atoms with Gasteiger partial charge in [0.1, 0.15) is 35.0 Å². The third kappa shape index (κ3) is 34.3. The van der Waals surface area contributed by atoms with Crippen LogP contribution in [-0.2, 0) is 49.9 Å². The first-order valence-corrected chi connectivity index (χ1v) is 41.6. The molecule has 0 bridgehead atoms. The number of nitrogens with zero attached hydrogens (tertiary/aromatic N) is 2. The number of fused-ring (bicyclic) bond motifs is 3. The Morgan fingerprint density at radius 2 is 0.943 bits per heavy atom. The van der Waals surface area contributed by atoms with Gasteiger partial charge in [-0.15, -0.1) is 23.2 Å². The molecule has 0 radical (unpaired) electrons. The highest BCUT2D eigenvalue weighted by Crippen LogP contribution is 2.61. The molecule has 5 N–H and O–H groups in total. The van der Waals surface area contributed by atoms with Crippen LogP contribution in [0.5, 0.6) is 28.7 Å². The quantitative estimate of drug-likeness (QED) is 0.0189. The van der Waals surface area contributed by atoms with E-state index in [1.807, 2.05) is 117 Å². The molecule has 0 spiro atoms. The zero-order valence-corrected chi connectivity index (χ0v) is 69.2. The summed E-state index contributed by atoms with van der Waals surface area (Å²) in [4.78, 5) is 16.1. The van der Waals surface area contributed by atoms with Gasteiger partial charge in [-0.3, -0.25) is 13.9 Å². The number of carbonyl (C=O) groups excluding carboxylic acids is 1. The summed E-state index contributed by atoms with van der Waals surface area (Å²) in [7, 11) is 4.77. The number of carbonyl (C=O) groups is 1. The minimum Gasteiger partial charge on any atom is -0.495 e. The topological polar surface area (TPSA) is 191 Å². The van der Waals surface area contributed by atoms with E-state index in [2.05, 4.69) is 201 Å². The van der Waals surface area contributed by atoms with Crippen molar-refractivity contribution in [2.75, 3.05) is 100 Å². The summed E-state index contributed by atoms with van der Waals surface area (Å²) in [6.07, 6.45) is 9.13. The second-order valence-electron chi connectivity index (χ2n) is 26.9. The molecule has 0 atom stereocenters. The van der Waals surface area contributed by atoms with Gasteiger partial charge < -0.3 is 49.9 Å². The van der Waals surface area contributed by atoms with Crippen molar-refractivity contribution >= 4 is 107 Å². The zero-order valence-electron chi connectivity index (χ0n) is 63.7. The number of rotatable bonds is 15. The van der Waals surface area contributed by atoms with E-state index >= 15 is 0 Å². The minimum atomic E-state index is -3.67. The lowest BCUT2D eigenvalue weighted by molar-refractivity contribution is 0.112. The Hall–Kier alpha value is -7.50. The minimum absolute atomic E-state index is 0.0365. The van der Waals surface area contributed by atoms with Gasteiger partial charge in [0.2, 0.25) is 0 Å². The number of alkyl halides is 2. The summed E-state index contributed by atoms with van der Waals surface area (Å²) in [5.41, 5.74) is 22.3. The van der Waals surface area contributed by atoms with Gasteiger partial charge in [0.25, 0.3) is 10.1 Å². The number of nitrogens with two attached hydrogens (primary N) is 1. The SMILES string of the molecule is CC(C)=CCCl.COc1cc(C=O)cc2c1N(Cc1ccccc1)CCC2(C)C.COc1cccc2c1N(Cc1ccccc1)CCC2(C)C.COc1cccc2c1NCCC2(C)C.COc1ccccc1N.COc1ccccc1NCC=C(C)C.CS(=O)(=O)O.ClCc1ccccc1.O=P(Cl)(Cl)Cl. The molecule has 11 rings (SSSR count). The largest absolute Gasteiger partial charge is 0.495 e. The number of nitrogen functional groups attached to an aromatic ring is 1. The van der Waals surface area contributed by atoms with Crippen molar-refractivity contribution in [2.24, 2.45) is 0 Å². The Balaban J connectivity index is 0.000000322. The van der Waals surface area contributed by atoms with Gasteiger partial charge in [-0.25, -0.2) is 0 Å². The number of hydrogen-bond donors (Lipinski definition) is 4. The number of ether oxygens (including phenoxy) is 5. The maximum atomic E-state index is 11.3. The van der Waals surface area contributed by atoms with Crippen LogP contribution in [0.25, 0.3) is 0 Å². The molecule has 0 fully saturated rings.